The Morgan fingerprint density at radius 3 is 2.86 bits per heavy atom. The third kappa shape index (κ3) is 4.42. The molecule has 0 radical (unpaired) electrons. The van der Waals surface area contributed by atoms with Crippen LogP contribution in [0.5, 0.6) is 5.88 Å². The van der Waals surface area contributed by atoms with E-state index in [0.29, 0.717) is 13.1 Å². The number of nitrogens with zero attached hydrogens (tertiary/aromatic N) is 2. The van der Waals surface area contributed by atoms with E-state index in [1.807, 2.05) is 11.8 Å². The first kappa shape index (κ1) is 16.7. The summed E-state index contributed by atoms with van der Waals surface area (Å²) in [4.78, 5) is 18.2. The van der Waals surface area contributed by atoms with Crippen molar-refractivity contribution in [2.45, 2.75) is 52.1 Å². The van der Waals surface area contributed by atoms with Gasteiger partial charge < -0.3 is 9.64 Å². The molecule has 0 bridgehead atoms. The summed E-state index contributed by atoms with van der Waals surface area (Å²) in [6.07, 6.45) is 6.05. The Kier molecular flexibility index (Phi) is 6.16. The summed E-state index contributed by atoms with van der Waals surface area (Å²) >= 11 is 0. The molecule has 0 saturated carbocycles. The van der Waals surface area contributed by atoms with E-state index in [9.17, 15) is 9.18 Å². The number of pyridine rings is 1. The number of hydrogen-bond acceptors (Lipinski definition) is 3. The van der Waals surface area contributed by atoms with Gasteiger partial charge in [0.05, 0.1) is 0 Å². The lowest BCUT2D eigenvalue weighted by Gasteiger charge is -2.33. The van der Waals surface area contributed by atoms with E-state index < -0.39 is 5.82 Å². The van der Waals surface area contributed by atoms with Crippen LogP contribution in [0.25, 0.3) is 0 Å². The molecule has 0 aliphatic carbocycles. The van der Waals surface area contributed by atoms with E-state index in [2.05, 4.69) is 11.9 Å². The summed E-state index contributed by atoms with van der Waals surface area (Å²) in [7, 11) is 0. The third-order valence-electron chi connectivity index (χ3n) is 4.17. The van der Waals surface area contributed by atoms with E-state index in [-0.39, 0.29) is 23.8 Å². The summed E-state index contributed by atoms with van der Waals surface area (Å²) in [5.41, 5.74) is 0. The van der Waals surface area contributed by atoms with Crippen LogP contribution in [-0.2, 0) is 4.79 Å². The Morgan fingerprint density at radius 2 is 2.23 bits per heavy atom. The minimum absolute atomic E-state index is 0.0589. The van der Waals surface area contributed by atoms with Gasteiger partial charge in [0.1, 0.15) is 6.10 Å². The van der Waals surface area contributed by atoms with Crippen molar-refractivity contribution < 1.29 is 13.9 Å². The van der Waals surface area contributed by atoms with Crippen molar-refractivity contribution >= 4 is 5.91 Å². The molecule has 0 N–H and O–H groups in total. The maximum Gasteiger partial charge on any atom is 0.250 e. The van der Waals surface area contributed by atoms with Crippen LogP contribution in [0.15, 0.2) is 18.3 Å². The predicted octanol–water partition coefficient (Wildman–Crippen LogP) is 3.42. The lowest BCUT2D eigenvalue weighted by molar-refractivity contribution is -0.137. The highest BCUT2D eigenvalue weighted by molar-refractivity contribution is 5.78. The Hall–Kier alpha value is -1.65. The number of hydrogen-bond donors (Lipinski definition) is 0. The predicted molar refractivity (Wildman–Crippen MR) is 83.1 cm³/mol. The average Bonchev–Trinajstić information content (AvgIpc) is 2.55. The van der Waals surface area contributed by atoms with Crippen molar-refractivity contribution in [3.05, 3.63) is 24.1 Å². The molecule has 2 rings (SSSR count). The van der Waals surface area contributed by atoms with Crippen molar-refractivity contribution in [3.8, 4) is 5.88 Å². The SMILES string of the molecule is CCCC[C@@H](C)C(=O)N1CCC(Oc2ncccc2F)CC1. The van der Waals surface area contributed by atoms with Crippen LogP contribution in [0.2, 0.25) is 0 Å². The second-order valence-electron chi connectivity index (χ2n) is 5.98. The first-order valence-corrected chi connectivity index (χ1v) is 8.17. The summed E-state index contributed by atoms with van der Waals surface area (Å²) in [5, 5.41) is 0. The molecule has 1 aliphatic rings. The fourth-order valence-electron chi connectivity index (χ4n) is 2.76. The Bertz CT molecular complexity index is 487. The monoisotopic (exact) mass is 308 g/mol. The summed E-state index contributed by atoms with van der Waals surface area (Å²) < 4.78 is 19.1. The number of unbranched alkanes of at least 4 members (excludes halogenated alkanes) is 1. The molecule has 0 unspecified atom stereocenters. The van der Waals surface area contributed by atoms with E-state index in [0.717, 1.165) is 32.1 Å². The molecule has 1 saturated heterocycles. The fourth-order valence-corrected chi connectivity index (χ4v) is 2.76. The fraction of sp³-hybridized carbons (Fsp3) is 0.647. The number of likely N-dealkylation sites (tertiary alicyclic amines) is 1. The highest BCUT2D eigenvalue weighted by Crippen LogP contribution is 2.21. The van der Waals surface area contributed by atoms with E-state index in [4.69, 9.17) is 4.74 Å². The summed E-state index contributed by atoms with van der Waals surface area (Å²) in [5.74, 6) is -0.0562. The molecular formula is C17H25FN2O2. The normalized spacial score (nSPS) is 17.3. The molecule has 1 fully saturated rings. The zero-order valence-electron chi connectivity index (χ0n) is 13.4. The molecule has 0 aromatic carbocycles. The van der Waals surface area contributed by atoms with Crippen molar-refractivity contribution in [2.75, 3.05) is 13.1 Å². The van der Waals surface area contributed by atoms with Crippen molar-refractivity contribution in [1.82, 2.24) is 9.88 Å². The number of carbonyl (C=O) groups excluding carboxylic acids is 1. The van der Waals surface area contributed by atoms with Gasteiger partial charge in [-0.15, -0.1) is 0 Å². The third-order valence-corrected chi connectivity index (χ3v) is 4.17. The second kappa shape index (κ2) is 8.11. The van der Waals surface area contributed by atoms with Gasteiger partial charge in [-0.1, -0.05) is 26.7 Å². The molecule has 1 aromatic rings. The van der Waals surface area contributed by atoms with Crippen LogP contribution in [0, 0.1) is 11.7 Å². The largest absolute Gasteiger partial charge is 0.472 e. The number of amides is 1. The molecule has 2 heterocycles. The Labute approximate surface area is 131 Å². The van der Waals surface area contributed by atoms with Gasteiger partial charge in [0.2, 0.25) is 5.91 Å². The highest BCUT2D eigenvalue weighted by atomic mass is 19.1. The Morgan fingerprint density at radius 1 is 1.50 bits per heavy atom. The number of halogens is 1. The van der Waals surface area contributed by atoms with Crippen LogP contribution in [0.3, 0.4) is 0 Å². The van der Waals surface area contributed by atoms with Gasteiger partial charge in [-0.25, -0.2) is 9.37 Å². The quantitative estimate of drug-likeness (QED) is 0.808. The molecule has 122 valence electrons. The number of rotatable bonds is 6. The smallest absolute Gasteiger partial charge is 0.250 e. The van der Waals surface area contributed by atoms with Gasteiger partial charge in [-0.05, 0) is 18.6 Å². The van der Waals surface area contributed by atoms with Crippen LogP contribution in [0.4, 0.5) is 4.39 Å². The molecule has 1 aliphatic heterocycles. The second-order valence-corrected chi connectivity index (χ2v) is 5.98. The highest BCUT2D eigenvalue weighted by Gasteiger charge is 2.27. The average molecular weight is 308 g/mol. The van der Waals surface area contributed by atoms with E-state index >= 15 is 0 Å². The molecule has 1 aromatic heterocycles. The van der Waals surface area contributed by atoms with Gasteiger partial charge in [0.25, 0.3) is 5.88 Å². The minimum atomic E-state index is -0.436. The van der Waals surface area contributed by atoms with Gasteiger partial charge in [0, 0.05) is 38.0 Å². The topological polar surface area (TPSA) is 42.4 Å². The first-order valence-electron chi connectivity index (χ1n) is 8.17. The molecule has 1 atom stereocenters. The van der Waals surface area contributed by atoms with E-state index in [1.165, 1.54) is 12.3 Å². The zero-order valence-corrected chi connectivity index (χ0v) is 13.4. The number of ether oxygens (including phenoxy) is 1. The lowest BCUT2D eigenvalue weighted by atomic mass is 10.0. The van der Waals surface area contributed by atoms with Gasteiger partial charge in [-0.3, -0.25) is 4.79 Å². The van der Waals surface area contributed by atoms with Gasteiger partial charge in [0.15, 0.2) is 5.82 Å². The van der Waals surface area contributed by atoms with Crippen molar-refractivity contribution in [3.63, 3.8) is 0 Å². The summed E-state index contributed by atoms with van der Waals surface area (Å²) in [6, 6.07) is 2.89. The van der Waals surface area contributed by atoms with Gasteiger partial charge in [-0.2, -0.15) is 0 Å². The zero-order chi connectivity index (χ0) is 15.9. The maximum absolute atomic E-state index is 13.5. The summed E-state index contributed by atoms with van der Waals surface area (Å²) in [6.45, 7) is 5.49. The lowest BCUT2D eigenvalue weighted by Crippen LogP contribution is -2.44. The van der Waals surface area contributed by atoms with E-state index in [1.54, 1.807) is 6.07 Å². The standard InChI is InChI=1S/C17H25FN2O2/c1-3-4-6-13(2)17(21)20-11-8-14(9-12-20)22-16-15(18)7-5-10-19-16/h5,7,10,13-14H,3-4,6,8-9,11-12H2,1-2H3/t13-/m1/s1. The molecule has 1 amide bonds. The van der Waals surface area contributed by atoms with Crippen LogP contribution in [-0.4, -0.2) is 35.0 Å². The van der Waals surface area contributed by atoms with Crippen LogP contribution in [0.1, 0.15) is 46.0 Å². The van der Waals surface area contributed by atoms with Gasteiger partial charge >= 0.3 is 0 Å². The number of carbonyl (C=O) groups is 1. The Balaban J connectivity index is 1.80. The van der Waals surface area contributed by atoms with Crippen molar-refractivity contribution in [2.24, 2.45) is 5.92 Å². The molecule has 22 heavy (non-hydrogen) atoms. The number of piperidine rings is 1. The minimum Gasteiger partial charge on any atom is -0.472 e. The molecule has 4 nitrogen and oxygen atoms in total. The molecule has 5 heteroatoms. The molecule has 0 spiro atoms. The van der Waals surface area contributed by atoms with Crippen molar-refractivity contribution in [1.29, 1.82) is 0 Å². The maximum atomic E-state index is 13.5. The molecular weight excluding hydrogens is 283 g/mol. The van der Waals surface area contributed by atoms with Crippen LogP contribution < -0.4 is 4.74 Å². The number of aromatic nitrogens is 1. The van der Waals surface area contributed by atoms with Crippen LogP contribution >= 0.6 is 0 Å². The first-order chi connectivity index (χ1) is 10.6.